The van der Waals surface area contributed by atoms with Crippen molar-refractivity contribution >= 4 is 5.91 Å². The van der Waals surface area contributed by atoms with Crippen LogP contribution in [0.4, 0.5) is 0 Å². The highest BCUT2D eigenvalue weighted by atomic mass is 16.1. The Morgan fingerprint density at radius 2 is 2.46 bits per heavy atom. The number of carbonyl (C=O) groups is 1. The van der Waals surface area contributed by atoms with Gasteiger partial charge in [0, 0.05) is 32.4 Å². The molecule has 0 unspecified atom stereocenters. The van der Waals surface area contributed by atoms with Crippen LogP contribution in [0.25, 0.3) is 0 Å². The van der Waals surface area contributed by atoms with Gasteiger partial charge in [-0.3, -0.25) is 14.6 Å². The molecule has 1 N–H and O–H groups in total. The lowest BCUT2D eigenvalue weighted by Crippen LogP contribution is -2.24. The molecule has 0 saturated heterocycles. The minimum absolute atomic E-state index is 0.0799. The summed E-state index contributed by atoms with van der Waals surface area (Å²) in [7, 11) is 1.57. The molecule has 13 heavy (non-hydrogen) atoms. The largest absolute Gasteiger partial charge is 0.359 e. The zero-order valence-electron chi connectivity index (χ0n) is 7.36. The van der Waals surface area contributed by atoms with Crippen molar-refractivity contribution in [3.63, 3.8) is 0 Å². The summed E-state index contributed by atoms with van der Waals surface area (Å²) < 4.78 is 1.45. The molecule has 0 radical (unpaired) electrons. The molecule has 0 fully saturated rings. The Morgan fingerprint density at radius 1 is 1.69 bits per heavy atom. The van der Waals surface area contributed by atoms with Crippen molar-refractivity contribution in [2.24, 2.45) is 0 Å². The highest BCUT2D eigenvalue weighted by Gasteiger charge is 1.99. The Hall–Kier alpha value is -1.65. The lowest BCUT2D eigenvalue weighted by molar-refractivity contribution is -0.120. The van der Waals surface area contributed by atoms with Gasteiger partial charge in [-0.25, -0.2) is 0 Å². The van der Waals surface area contributed by atoms with Gasteiger partial charge in [-0.15, -0.1) is 0 Å². The van der Waals surface area contributed by atoms with Crippen molar-refractivity contribution in [2.75, 3.05) is 7.05 Å². The molecule has 1 aromatic rings. The molecule has 0 bridgehead atoms. The second-order valence-corrected chi connectivity index (χ2v) is 2.53. The van der Waals surface area contributed by atoms with E-state index in [0.29, 0.717) is 13.0 Å². The van der Waals surface area contributed by atoms with Crippen molar-refractivity contribution in [3.05, 3.63) is 28.9 Å². The molecule has 0 aliphatic rings. The van der Waals surface area contributed by atoms with Gasteiger partial charge in [-0.1, -0.05) is 0 Å². The molecule has 5 heteroatoms. The van der Waals surface area contributed by atoms with Crippen LogP contribution >= 0.6 is 0 Å². The van der Waals surface area contributed by atoms with Crippen LogP contribution in [0, 0.1) is 0 Å². The lowest BCUT2D eigenvalue weighted by atomic mass is 10.4. The molecule has 0 saturated carbocycles. The minimum atomic E-state index is -0.189. The fraction of sp³-hybridized carbons (Fsp3) is 0.375. The molecule has 0 aromatic carbocycles. The summed E-state index contributed by atoms with van der Waals surface area (Å²) in [6.07, 6.45) is 4.61. The molecule has 70 valence electrons. The number of carbonyl (C=O) groups excluding carboxylic acids is 1. The van der Waals surface area contributed by atoms with E-state index in [0.717, 1.165) is 0 Å². The number of amides is 1. The van der Waals surface area contributed by atoms with Crippen molar-refractivity contribution < 1.29 is 4.79 Å². The number of nitrogens with one attached hydrogen (secondary N) is 1. The van der Waals surface area contributed by atoms with Gasteiger partial charge in [0.05, 0.1) is 6.20 Å². The second-order valence-electron chi connectivity index (χ2n) is 2.53. The van der Waals surface area contributed by atoms with E-state index in [1.54, 1.807) is 13.2 Å². The maximum atomic E-state index is 11.1. The summed E-state index contributed by atoms with van der Waals surface area (Å²) in [6.45, 7) is 0.390. The van der Waals surface area contributed by atoms with Gasteiger partial charge in [0.2, 0.25) is 5.91 Å². The third-order valence-corrected chi connectivity index (χ3v) is 1.66. The van der Waals surface area contributed by atoms with Crippen LogP contribution in [-0.2, 0) is 11.3 Å². The average Bonchev–Trinajstić information content (AvgIpc) is 2.16. The number of rotatable bonds is 3. The van der Waals surface area contributed by atoms with Crippen molar-refractivity contribution in [3.8, 4) is 0 Å². The van der Waals surface area contributed by atoms with Crippen LogP contribution in [0.5, 0.6) is 0 Å². The van der Waals surface area contributed by atoms with E-state index in [-0.39, 0.29) is 11.5 Å². The van der Waals surface area contributed by atoms with E-state index < -0.39 is 0 Å². The molecule has 1 amide bonds. The summed E-state index contributed by atoms with van der Waals surface area (Å²) in [6, 6.07) is 0. The summed E-state index contributed by atoms with van der Waals surface area (Å²) in [5.41, 5.74) is -0.189. The van der Waals surface area contributed by atoms with E-state index in [9.17, 15) is 9.59 Å². The standard InChI is InChI=1S/C8H11N3O2/c1-9-7(12)2-4-11-5-3-10-6-8(11)13/h3,5-6H,2,4H2,1H3,(H,9,12). The van der Waals surface area contributed by atoms with Crippen LogP contribution in [0.3, 0.4) is 0 Å². The summed E-state index contributed by atoms with van der Waals surface area (Å²) in [5.74, 6) is -0.0799. The first-order chi connectivity index (χ1) is 6.24. The molecule has 1 heterocycles. The third-order valence-electron chi connectivity index (χ3n) is 1.66. The van der Waals surface area contributed by atoms with E-state index in [2.05, 4.69) is 10.3 Å². The molecule has 0 aliphatic carbocycles. The topological polar surface area (TPSA) is 64.0 Å². The predicted octanol–water partition coefficient (Wildman–Crippen LogP) is -0.621. The Balaban J connectivity index is 2.60. The van der Waals surface area contributed by atoms with Crippen molar-refractivity contribution in [1.82, 2.24) is 14.9 Å². The Kier molecular flexibility index (Phi) is 3.19. The number of hydrogen-bond donors (Lipinski definition) is 1. The van der Waals surface area contributed by atoms with Gasteiger partial charge in [-0.2, -0.15) is 0 Å². The summed E-state index contributed by atoms with van der Waals surface area (Å²) in [4.78, 5) is 25.6. The molecular formula is C8H11N3O2. The van der Waals surface area contributed by atoms with Crippen molar-refractivity contribution in [2.45, 2.75) is 13.0 Å². The average molecular weight is 181 g/mol. The van der Waals surface area contributed by atoms with Gasteiger partial charge >= 0.3 is 0 Å². The zero-order valence-corrected chi connectivity index (χ0v) is 7.36. The van der Waals surface area contributed by atoms with E-state index >= 15 is 0 Å². The van der Waals surface area contributed by atoms with Gasteiger partial charge in [0.1, 0.15) is 0 Å². The van der Waals surface area contributed by atoms with E-state index in [4.69, 9.17) is 0 Å². The van der Waals surface area contributed by atoms with Gasteiger partial charge < -0.3 is 9.88 Å². The fourth-order valence-corrected chi connectivity index (χ4v) is 0.905. The summed E-state index contributed by atoms with van der Waals surface area (Å²) in [5, 5.41) is 2.48. The Morgan fingerprint density at radius 3 is 3.08 bits per heavy atom. The zero-order chi connectivity index (χ0) is 9.68. The van der Waals surface area contributed by atoms with E-state index in [1.165, 1.54) is 17.0 Å². The van der Waals surface area contributed by atoms with Crippen LogP contribution < -0.4 is 10.9 Å². The number of aromatic nitrogens is 2. The number of aryl methyl sites for hydroxylation is 1. The van der Waals surface area contributed by atoms with Crippen LogP contribution in [0.2, 0.25) is 0 Å². The normalized spacial score (nSPS) is 9.62. The quantitative estimate of drug-likeness (QED) is 0.675. The second kappa shape index (κ2) is 4.39. The minimum Gasteiger partial charge on any atom is -0.359 e. The smallest absolute Gasteiger partial charge is 0.268 e. The first-order valence-corrected chi connectivity index (χ1v) is 3.95. The molecule has 0 atom stereocenters. The highest BCUT2D eigenvalue weighted by molar-refractivity contribution is 5.75. The van der Waals surface area contributed by atoms with Gasteiger partial charge in [-0.05, 0) is 0 Å². The molecule has 0 spiro atoms. The van der Waals surface area contributed by atoms with Crippen molar-refractivity contribution in [1.29, 1.82) is 0 Å². The van der Waals surface area contributed by atoms with Crippen LogP contribution in [0.15, 0.2) is 23.4 Å². The Labute approximate surface area is 75.4 Å². The maximum absolute atomic E-state index is 11.1. The molecule has 1 rings (SSSR count). The highest BCUT2D eigenvalue weighted by Crippen LogP contribution is 1.85. The first-order valence-electron chi connectivity index (χ1n) is 3.95. The molecule has 1 aromatic heterocycles. The number of nitrogens with zero attached hydrogens (tertiary/aromatic N) is 2. The maximum Gasteiger partial charge on any atom is 0.268 e. The third kappa shape index (κ3) is 2.70. The predicted molar refractivity (Wildman–Crippen MR) is 47.2 cm³/mol. The van der Waals surface area contributed by atoms with Gasteiger partial charge in [0.15, 0.2) is 0 Å². The van der Waals surface area contributed by atoms with Gasteiger partial charge in [0.25, 0.3) is 5.56 Å². The number of hydrogen-bond acceptors (Lipinski definition) is 3. The lowest BCUT2D eigenvalue weighted by Gasteiger charge is -2.02. The summed E-state index contributed by atoms with van der Waals surface area (Å²) >= 11 is 0. The molecule has 5 nitrogen and oxygen atoms in total. The monoisotopic (exact) mass is 181 g/mol. The first kappa shape index (κ1) is 9.44. The van der Waals surface area contributed by atoms with Crippen LogP contribution in [0.1, 0.15) is 6.42 Å². The fourth-order valence-electron chi connectivity index (χ4n) is 0.905. The molecule has 0 aliphatic heterocycles. The molecular weight excluding hydrogens is 170 g/mol. The van der Waals surface area contributed by atoms with E-state index in [1.807, 2.05) is 0 Å². The SMILES string of the molecule is CNC(=O)CCn1ccncc1=O. The van der Waals surface area contributed by atoms with Crippen LogP contribution in [-0.4, -0.2) is 22.5 Å². The Bertz CT molecular complexity index is 345.